The maximum absolute atomic E-state index is 12.7. The van der Waals surface area contributed by atoms with Crippen LogP contribution in [0.15, 0.2) is 24.3 Å². The van der Waals surface area contributed by atoms with Crippen LogP contribution in [-0.2, 0) is 4.79 Å². The Hall–Kier alpha value is -1.84. The van der Waals surface area contributed by atoms with Gasteiger partial charge in [0, 0.05) is 6.42 Å². The van der Waals surface area contributed by atoms with Crippen molar-refractivity contribution in [2.45, 2.75) is 51.5 Å². The van der Waals surface area contributed by atoms with Gasteiger partial charge in [0.1, 0.15) is 5.75 Å². The highest BCUT2D eigenvalue weighted by atomic mass is 16.5. The Morgan fingerprint density at radius 1 is 1.33 bits per heavy atom. The molecule has 1 heterocycles. The van der Waals surface area contributed by atoms with Crippen molar-refractivity contribution in [2.24, 2.45) is 0 Å². The molecule has 4 nitrogen and oxygen atoms in total. The second kappa shape index (κ2) is 7.81. The number of carbonyl (C=O) groups is 2. The molecule has 0 spiro atoms. The van der Waals surface area contributed by atoms with E-state index >= 15 is 0 Å². The van der Waals surface area contributed by atoms with Gasteiger partial charge in [-0.1, -0.05) is 31.9 Å². The molecule has 1 saturated heterocycles. The lowest BCUT2D eigenvalue weighted by Crippen LogP contribution is -2.39. The van der Waals surface area contributed by atoms with Crippen LogP contribution in [0, 0.1) is 0 Å². The van der Waals surface area contributed by atoms with Gasteiger partial charge in [-0.2, -0.15) is 0 Å². The molecule has 2 rings (SSSR count). The molecule has 1 aromatic carbocycles. The molecular formula is C17H23NO3. The monoisotopic (exact) mass is 289 g/mol. The van der Waals surface area contributed by atoms with Crippen LogP contribution in [0.2, 0.25) is 0 Å². The number of hydrogen-bond donors (Lipinski definition) is 1. The van der Waals surface area contributed by atoms with Crippen LogP contribution >= 0.6 is 0 Å². The quantitative estimate of drug-likeness (QED) is 0.646. The van der Waals surface area contributed by atoms with E-state index in [2.05, 4.69) is 12.2 Å². The van der Waals surface area contributed by atoms with E-state index < -0.39 is 6.04 Å². The predicted molar refractivity (Wildman–Crippen MR) is 81.6 cm³/mol. The number of carbonyl (C=O) groups excluding carboxylic acids is 2. The topological polar surface area (TPSA) is 55.4 Å². The van der Waals surface area contributed by atoms with Crippen molar-refractivity contribution >= 4 is 11.7 Å². The van der Waals surface area contributed by atoms with Gasteiger partial charge >= 0.3 is 0 Å². The van der Waals surface area contributed by atoms with Gasteiger partial charge in [-0.25, -0.2) is 0 Å². The summed E-state index contributed by atoms with van der Waals surface area (Å²) in [5.41, 5.74) is 0.570. The van der Waals surface area contributed by atoms with E-state index in [1.165, 1.54) is 0 Å². The first-order valence-electron chi connectivity index (χ1n) is 7.77. The second-order valence-corrected chi connectivity index (χ2v) is 5.43. The highest BCUT2D eigenvalue weighted by Crippen LogP contribution is 2.22. The molecule has 1 unspecified atom stereocenters. The van der Waals surface area contributed by atoms with Gasteiger partial charge in [-0.15, -0.1) is 0 Å². The fraction of sp³-hybridized carbons (Fsp3) is 0.529. The first-order chi connectivity index (χ1) is 10.2. The zero-order valence-electron chi connectivity index (χ0n) is 12.6. The largest absolute Gasteiger partial charge is 0.493 e. The van der Waals surface area contributed by atoms with Crippen LogP contribution < -0.4 is 10.1 Å². The first kappa shape index (κ1) is 15.5. The van der Waals surface area contributed by atoms with E-state index in [0.717, 1.165) is 25.7 Å². The molecule has 1 amide bonds. The third kappa shape index (κ3) is 4.31. The predicted octanol–water partition coefficient (Wildman–Crippen LogP) is 3.11. The number of hydrogen-bond acceptors (Lipinski definition) is 3. The molecule has 1 atom stereocenters. The van der Waals surface area contributed by atoms with E-state index in [4.69, 9.17) is 4.74 Å². The highest BCUT2D eigenvalue weighted by molar-refractivity contribution is 6.04. The molecule has 1 aliphatic rings. The molecule has 21 heavy (non-hydrogen) atoms. The molecule has 0 saturated carbocycles. The van der Waals surface area contributed by atoms with E-state index in [1.807, 2.05) is 18.2 Å². The van der Waals surface area contributed by atoms with Crippen molar-refractivity contribution in [3.05, 3.63) is 29.8 Å². The minimum Gasteiger partial charge on any atom is -0.493 e. The lowest BCUT2D eigenvalue weighted by Gasteiger charge is -2.17. The van der Waals surface area contributed by atoms with Crippen LogP contribution in [-0.4, -0.2) is 24.3 Å². The van der Waals surface area contributed by atoms with Crippen molar-refractivity contribution in [3.63, 3.8) is 0 Å². The van der Waals surface area contributed by atoms with Gasteiger partial charge in [-0.05, 0) is 31.4 Å². The number of amides is 1. The highest BCUT2D eigenvalue weighted by Gasteiger charge is 2.26. The number of rotatable bonds is 6. The van der Waals surface area contributed by atoms with Crippen molar-refractivity contribution in [2.75, 3.05) is 6.61 Å². The van der Waals surface area contributed by atoms with Gasteiger partial charge in [-0.3, -0.25) is 9.59 Å². The smallest absolute Gasteiger partial charge is 0.220 e. The average Bonchev–Trinajstić information content (AvgIpc) is 2.72. The number of Topliss-reactive ketones (excluding diaryl/α,β-unsaturated/α-hetero) is 1. The lowest BCUT2D eigenvalue weighted by molar-refractivity contribution is -0.121. The molecule has 1 aliphatic heterocycles. The van der Waals surface area contributed by atoms with Crippen LogP contribution in [0.4, 0.5) is 0 Å². The standard InChI is InChI=1S/C17H23NO3/c1-2-3-12-21-15-10-6-4-8-13(15)17(20)14-9-5-7-11-16(19)18-14/h4,6,8,10,14H,2-3,5,7,9,11-12H2,1H3,(H,18,19). The van der Waals surface area contributed by atoms with E-state index in [0.29, 0.717) is 30.8 Å². The van der Waals surface area contributed by atoms with Crippen LogP contribution in [0.5, 0.6) is 5.75 Å². The molecule has 114 valence electrons. The Morgan fingerprint density at radius 2 is 2.14 bits per heavy atom. The number of ketones is 1. The fourth-order valence-corrected chi connectivity index (χ4v) is 2.48. The number of para-hydroxylation sites is 1. The Bertz CT molecular complexity index is 499. The van der Waals surface area contributed by atoms with Gasteiger partial charge in [0.2, 0.25) is 5.91 Å². The van der Waals surface area contributed by atoms with Gasteiger partial charge in [0.25, 0.3) is 0 Å². The minimum atomic E-state index is -0.420. The van der Waals surface area contributed by atoms with E-state index in [1.54, 1.807) is 6.07 Å². The number of unbranched alkanes of at least 4 members (excludes halogenated alkanes) is 1. The molecule has 4 heteroatoms. The summed E-state index contributed by atoms with van der Waals surface area (Å²) < 4.78 is 5.71. The Balaban J connectivity index is 2.12. The summed E-state index contributed by atoms with van der Waals surface area (Å²) in [4.78, 5) is 24.3. The fourth-order valence-electron chi connectivity index (χ4n) is 2.48. The van der Waals surface area contributed by atoms with Crippen LogP contribution in [0.3, 0.4) is 0 Å². The Morgan fingerprint density at radius 3 is 2.95 bits per heavy atom. The van der Waals surface area contributed by atoms with Crippen molar-refractivity contribution in [1.82, 2.24) is 5.32 Å². The van der Waals surface area contributed by atoms with Crippen LogP contribution in [0.1, 0.15) is 55.8 Å². The molecule has 0 aliphatic carbocycles. The third-order valence-corrected chi connectivity index (χ3v) is 3.71. The summed E-state index contributed by atoms with van der Waals surface area (Å²) in [6, 6.07) is 6.88. The summed E-state index contributed by atoms with van der Waals surface area (Å²) in [7, 11) is 0. The number of benzene rings is 1. The summed E-state index contributed by atoms with van der Waals surface area (Å²) >= 11 is 0. The van der Waals surface area contributed by atoms with E-state index in [-0.39, 0.29) is 11.7 Å². The van der Waals surface area contributed by atoms with Gasteiger partial charge in [0.15, 0.2) is 5.78 Å². The van der Waals surface area contributed by atoms with Gasteiger partial charge < -0.3 is 10.1 Å². The zero-order chi connectivity index (χ0) is 15.1. The van der Waals surface area contributed by atoms with Crippen molar-refractivity contribution < 1.29 is 14.3 Å². The summed E-state index contributed by atoms with van der Waals surface area (Å²) in [6.07, 6.45) is 4.97. The average molecular weight is 289 g/mol. The molecule has 1 aromatic rings. The SMILES string of the molecule is CCCCOc1ccccc1C(=O)C1CCCCC(=O)N1. The van der Waals surface area contributed by atoms with Crippen molar-refractivity contribution in [3.8, 4) is 5.75 Å². The Labute approximate surface area is 125 Å². The Kier molecular flexibility index (Phi) is 5.78. The molecule has 0 bridgehead atoms. The maximum Gasteiger partial charge on any atom is 0.220 e. The summed E-state index contributed by atoms with van der Waals surface area (Å²) in [6.45, 7) is 2.71. The molecular weight excluding hydrogens is 266 g/mol. The molecule has 1 fully saturated rings. The molecule has 0 radical (unpaired) electrons. The molecule has 0 aromatic heterocycles. The van der Waals surface area contributed by atoms with Gasteiger partial charge in [0.05, 0.1) is 18.2 Å². The minimum absolute atomic E-state index is 0.0322. The number of nitrogens with one attached hydrogen (secondary N) is 1. The van der Waals surface area contributed by atoms with E-state index in [9.17, 15) is 9.59 Å². The molecule has 1 N–H and O–H groups in total. The summed E-state index contributed by atoms with van der Waals surface area (Å²) in [5.74, 6) is 0.544. The normalized spacial score (nSPS) is 18.7. The second-order valence-electron chi connectivity index (χ2n) is 5.43. The third-order valence-electron chi connectivity index (χ3n) is 3.71. The lowest BCUT2D eigenvalue weighted by atomic mass is 9.99. The van der Waals surface area contributed by atoms with Crippen molar-refractivity contribution in [1.29, 1.82) is 0 Å². The number of ether oxygens (including phenoxy) is 1. The summed E-state index contributed by atoms with van der Waals surface area (Å²) in [5, 5.41) is 2.83. The zero-order valence-corrected chi connectivity index (χ0v) is 12.6. The maximum atomic E-state index is 12.7. The van der Waals surface area contributed by atoms with Crippen LogP contribution in [0.25, 0.3) is 0 Å². The first-order valence-corrected chi connectivity index (χ1v) is 7.77.